The highest BCUT2D eigenvalue weighted by atomic mass is 16.5. The zero-order chi connectivity index (χ0) is 18.1. The van der Waals surface area contributed by atoms with Crippen molar-refractivity contribution in [2.45, 2.75) is 31.9 Å². The molecule has 0 aliphatic carbocycles. The number of rotatable bonds is 4. The number of carbonyl (C=O) groups is 1. The third kappa shape index (κ3) is 2.99. The molecule has 2 heterocycles. The molecule has 1 aliphatic heterocycles. The molecule has 0 bridgehead atoms. The lowest BCUT2D eigenvalue weighted by molar-refractivity contribution is -0.141. The zero-order valence-corrected chi connectivity index (χ0v) is 15.1. The van der Waals surface area contributed by atoms with Crippen molar-refractivity contribution in [1.29, 1.82) is 0 Å². The fourth-order valence-corrected chi connectivity index (χ4v) is 3.49. The number of benzene rings is 2. The molecule has 5 heteroatoms. The number of fused-ring (bicyclic) bond motifs is 1. The SMILES string of the molecule is CC(c1ccc(-n2cnc3ccccc32)cc1)N(C)C(=O)C1CCCO1. The minimum atomic E-state index is -0.279. The Morgan fingerprint density at radius 1 is 1.23 bits per heavy atom. The zero-order valence-electron chi connectivity index (χ0n) is 15.1. The second-order valence-corrected chi connectivity index (χ2v) is 6.82. The number of hydrogen-bond donors (Lipinski definition) is 0. The highest BCUT2D eigenvalue weighted by Gasteiger charge is 2.29. The minimum absolute atomic E-state index is 0.000261. The second kappa shape index (κ2) is 6.92. The van der Waals surface area contributed by atoms with Crippen molar-refractivity contribution in [2.24, 2.45) is 0 Å². The van der Waals surface area contributed by atoms with Crippen LogP contribution in [0.15, 0.2) is 54.9 Å². The number of para-hydroxylation sites is 2. The summed E-state index contributed by atoms with van der Waals surface area (Å²) >= 11 is 0. The van der Waals surface area contributed by atoms with Crippen LogP contribution in [-0.4, -0.2) is 40.1 Å². The summed E-state index contributed by atoms with van der Waals surface area (Å²) in [6.07, 6.45) is 3.35. The molecule has 134 valence electrons. The summed E-state index contributed by atoms with van der Waals surface area (Å²) in [5, 5.41) is 0. The molecule has 1 aliphatic rings. The van der Waals surface area contributed by atoms with Crippen molar-refractivity contribution in [1.82, 2.24) is 14.5 Å². The van der Waals surface area contributed by atoms with Gasteiger partial charge in [0, 0.05) is 19.3 Å². The van der Waals surface area contributed by atoms with Crippen LogP contribution < -0.4 is 0 Å². The Balaban J connectivity index is 1.54. The molecule has 26 heavy (non-hydrogen) atoms. The van der Waals surface area contributed by atoms with Crippen molar-refractivity contribution >= 4 is 16.9 Å². The molecule has 0 spiro atoms. The summed E-state index contributed by atoms with van der Waals surface area (Å²) in [4.78, 5) is 18.8. The van der Waals surface area contributed by atoms with E-state index in [-0.39, 0.29) is 18.1 Å². The fraction of sp³-hybridized carbons (Fsp3) is 0.333. The molecule has 2 unspecified atom stereocenters. The minimum Gasteiger partial charge on any atom is -0.368 e. The van der Waals surface area contributed by atoms with Gasteiger partial charge >= 0.3 is 0 Å². The van der Waals surface area contributed by atoms with Crippen molar-refractivity contribution in [3.63, 3.8) is 0 Å². The van der Waals surface area contributed by atoms with Gasteiger partial charge in [-0.25, -0.2) is 4.98 Å². The van der Waals surface area contributed by atoms with Gasteiger partial charge in [-0.15, -0.1) is 0 Å². The van der Waals surface area contributed by atoms with E-state index < -0.39 is 0 Å². The Kier molecular flexibility index (Phi) is 4.47. The highest BCUT2D eigenvalue weighted by molar-refractivity contribution is 5.81. The summed E-state index contributed by atoms with van der Waals surface area (Å²) in [6, 6.07) is 16.4. The molecule has 2 aromatic carbocycles. The van der Waals surface area contributed by atoms with Gasteiger partial charge in [0.1, 0.15) is 12.4 Å². The van der Waals surface area contributed by atoms with E-state index in [1.807, 2.05) is 31.6 Å². The number of amides is 1. The van der Waals surface area contributed by atoms with E-state index >= 15 is 0 Å². The topological polar surface area (TPSA) is 47.4 Å². The summed E-state index contributed by atoms with van der Waals surface area (Å²) in [7, 11) is 1.85. The van der Waals surface area contributed by atoms with Gasteiger partial charge in [0.2, 0.25) is 0 Å². The van der Waals surface area contributed by atoms with E-state index in [0.29, 0.717) is 6.61 Å². The van der Waals surface area contributed by atoms with Gasteiger partial charge in [-0.05, 0) is 49.6 Å². The number of ether oxygens (including phenoxy) is 1. The lowest BCUT2D eigenvalue weighted by atomic mass is 10.1. The third-order valence-corrected chi connectivity index (χ3v) is 5.24. The van der Waals surface area contributed by atoms with Gasteiger partial charge in [-0.3, -0.25) is 9.36 Å². The van der Waals surface area contributed by atoms with Crippen LogP contribution >= 0.6 is 0 Å². The smallest absolute Gasteiger partial charge is 0.251 e. The Hall–Kier alpha value is -2.66. The molecular formula is C21H23N3O2. The highest BCUT2D eigenvalue weighted by Crippen LogP contribution is 2.25. The lowest BCUT2D eigenvalue weighted by Crippen LogP contribution is -2.37. The van der Waals surface area contributed by atoms with E-state index in [1.54, 1.807) is 4.90 Å². The van der Waals surface area contributed by atoms with Crippen LogP contribution in [-0.2, 0) is 9.53 Å². The fourth-order valence-electron chi connectivity index (χ4n) is 3.49. The lowest BCUT2D eigenvalue weighted by Gasteiger charge is -2.27. The largest absolute Gasteiger partial charge is 0.368 e. The average molecular weight is 349 g/mol. The predicted molar refractivity (Wildman–Crippen MR) is 101 cm³/mol. The van der Waals surface area contributed by atoms with Crippen molar-refractivity contribution in [2.75, 3.05) is 13.7 Å². The van der Waals surface area contributed by atoms with Crippen molar-refractivity contribution in [3.05, 3.63) is 60.4 Å². The van der Waals surface area contributed by atoms with Crippen LogP contribution in [0.25, 0.3) is 16.7 Å². The molecule has 0 N–H and O–H groups in total. The number of imidazole rings is 1. The van der Waals surface area contributed by atoms with E-state index in [9.17, 15) is 4.79 Å². The van der Waals surface area contributed by atoms with Crippen LogP contribution in [0.3, 0.4) is 0 Å². The van der Waals surface area contributed by atoms with Gasteiger partial charge in [0.25, 0.3) is 5.91 Å². The quantitative estimate of drug-likeness (QED) is 0.721. The molecule has 0 saturated carbocycles. The predicted octanol–water partition coefficient (Wildman–Crippen LogP) is 3.72. The first-order valence-electron chi connectivity index (χ1n) is 9.06. The monoisotopic (exact) mass is 349 g/mol. The third-order valence-electron chi connectivity index (χ3n) is 5.24. The summed E-state index contributed by atoms with van der Waals surface area (Å²) in [5.41, 5.74) is 4.22. The Morgan fingerprint density at radius 2 is 2.00 bits per heavy atom. The molecule has 0 radical (unpaired) electrons. The molecule has 3 aromatic rings. The van der Waals surface area contributed by atoms with Gasteiger partial charge in [0.05, 0.1) is 17.1 Å². The molecular weight excluding hydrogens is 326 g/mol. The van der Waals surface area contributed by atoms with Crippen LogP contribution in [0.5, 0.6) is 0 Å². The Bertz CT molecular complexity index is 910. The van der Waals surface area contributed by atoms with Crippen LogP contribution in [0.2, 0.25) is 0 Å². The van der Waals surface area contributed by atoms with E-state index in [0.717, 1.165) is 35.1 Å². The first-order chi connectivity index (χ1) is 12.6. The van der Waals surface area contributed by atoms with Crippen LogP contribution in [0.4, 0.5) is 0 Å². The maximum atomic E-state index is 12.5. The van der Waals surface area contributed by atoms with E-state index in [1.165, 1.54) is 0 Å². The molecule has 1 saturated heterocycles. The molecule has 4 rings (SSSR count). The number of carbonyl (C=O) groups excluding carboxylic acids is 1. The Morgan fingerprint density at radius 3 is 2.73 bits per heavy atom. The van der Waals surface area contributed by atoms with Gasteiger partial charge in [-0.2, -0.15) is 0 Å². The summed E-state index contributed by atoms with van der Waals surface area (Å²) in [6.45, 7) is 2.74. The first-order valence-corrected chi connectivity index (χ1v) is 9.06. The van der Waals surface area contributed by atoms with Gasteiger partial charge in [0.15, 0.2) is 0 Å². The summed E-state index contributed by atoms with van der Waals surface area (Å²) in [5.74, 6) is 0.0691. The maximum absolute atomic E-state index is 12.5. The number of nitrogens with zero attached hydrogens (tertiary/aromatic N) is 3. The molecule has 1 amide bonds. The Labute approximate surface area is 153 Å². The molecule has 1 fully saturated rings. The number of hydrogen-bond acceptors (Lipinski definition) is 3. The standard InChI is InChI=1S/C21H23N3O2/c1-15(23(2)21(25)20-8-5-13-26-20)16-9-11-17(12-10-16)24-14-22-18-6-3-4-7-19(18)24/h3-4,6-7,9-12,14-15,20H,5,8,13H2,1-2H3. The average Bonchev–Trinajstić information content (AvgIpc) is 3.36. The van der Waals surface area contributed by atoms with Gasteiger partial charge < -0.3 is 9.64 Å². The molecule has 2 atom stereocenters. The number of aromatic nitrogens is 2. The summed E-state index contributed by atoms with van der Waals surface area (Å²) < 4.78 is 7.60. The van der Waals surface area contributed by atoms with Gasteiger partial charge in [-0.1, -0.05) is 24.3 Å². The van der Waals surface area contributed by atoms with E-state index in [4.69, 9.17) is 4.74 Å². The van der Waals surface area contributed by atoms with Crippen LogP contribution in [0, 0.1) is 0 Å². The molecule has 5 nitrogen and oxygen atoms in total. The second-order valence-electron chi connectivity index (χ2n) is 6.82. The van der Waals surface area contributed by atoms with E-state index in [2.05, 4.69) is 46.8 Å². The normalized spacial score (nSPS) is 18.2. The molecule has 1 aromatic heterocycles. The maximum Gasteiger partial charge on any atom is 0.251 e. The first kappa shape index (κ1) is 16.8. The van der Waals surface area contributed by atoms with Crippen molar-refractivity contribution < 1.29 is 9.53 Å². The number of likely N-dealkylation sites (N-methyl/N-ethyl adjacent to an activating group) is 1. The van der Waals surface area contributed by atoms with Crippen molar-refractivity contribution in [3.8, 4) is 5.69 Å². The van der Waals surface area contributed by atoms with Crippen LogP contribution in [0.1, 0.15) is 31.4 Å².